The van der Waals surface area contributed by atoms with Crippen LogP contribution >= 0.6 is 0 Å². The molecule has 0 atom stereocenters. The van der Waals surface area contributed by atoms with E-state index in [0.717, 1.165) is 4.73 Å². The fourth-order valence-corrected chi connectivity index (χ4v) is 1.00. The van der Waals surface area contributed by atoms with Gasteiger partial charge in [0.15, 0.2) is 0 Å². The van der Waals surface area contributed by atoms with Gasteiger partial charge >= 0.3 is 10.8 Å². The van der Waals surface area contributed by atoms with Crippen LogP contribution < -0.4 is 19.4 Å². The molecular weight excluding hydrogens is 186 g/mol. The lowest BCUT2D eigenvalue weighted by molar-refractivity contribution is -1.63. The van der Waals surface area contributed by atoms with E-state index >= 15 is 0 Å². The Balaban J connectivity index is 2.63. The Morgan fingerprint density at radius 2 is 2.42 bits per heavy atom. The van der Waals surface area contributed by atoms with Gasteiger partial charge in [-0.3, -0.25) is 0 Å². The summed E-state index contributed by atoms with van der Waals surface area (Å²) in [5.41, 5.74) is 5.88. The molecule has 68 valence electrons. The predicted molar refractivity (Wildman–Crippen MR) is 31.6 cm³/mol. The molecule has 0 saturated carbocycles. The number of hydrogen-bond acceptors (Lipinski definition) is 5. The van der Waals surface area contributed by atoms with Crippen LogP contribution in [0.1, 0.15) is 5.69 Å². The van der Waals surface area contributed by atoms with Crippen molar-refractivity contribution >= 4 is 0 Å². The first-order valence-electron chi connectivity index (χ1n) is 3.19. The second-order valence-electron chi connectivity index (χ2n) is 2.01. The average Bonchev–Trinajstić information content (AvgIpc) is 2.37. The number of hydrogen-bond donors (Lipinski definition) is 1. The Labute approximate surface area is 71.9 Å². The highest BCUT2D eigenvalue weighted by Gasteiger charge is 2.12. The first-order valence-corrected chi connectivity index (χ1v) is 4.12. The van der Waals surface area contributed by atoms with Gasteiger partial charge in [-0.25, -0.2) is 4.98 Å². The third-order valence-corrected chi connectivity index (χ3v) is 1.47. The van der Waals surface area contributed by atoms with E-state index in [-0.39, 0.29) is 0 Å². The van der Waals surface area contributed by atoms with E-state index in [1.165, 1.54) is 12.5 Å². The van der Waals surface area contributed by atoms with Gasteiger partial charge in [0.2, 0.25) is 0 Å². The molecule has 0 spiro atoms. The van der Waals surface area contributed by atoms with E-state index in [0.29, 0.717) is 18.7 Å². The van der Waals surface area contributed by atoms with E-state index in [1.54, 1.807) is 0 Å². The monoisotopic (exact) mass is 193 g/mol. The molecule has 0 radical (unpaired) electrons. The van der Waals surface area contributed by atoms with Gasteiger partial charge in [0.25, 0.3) is 0 Å². The molecule has 7 heteroatoms. The predicted octanol–water partition coefficient (Wildman–Crippen LogP) is -3.10. The van der Waals surface area contributed by atoms with Crippen LogP contribution in [0, 0.1) is 10.8 Å². The van der Waals surface area contributed by atoms with E-state index in [9.17, 15) is 9.32 Å². The van der Waals surface area contributed by atoms with E-state index in [2.05, 4.69) is 9.37 Å². The maximum atomic E-state index is 10.1. The Hall–Kier alpha value is -0.820. The van der Waals surface area contributed by atoms with E-state index < -0.39 is 10.8 Å². The van der Waals surface area contributed by atoms with Gasteiger partial charge in [-0.2, -0.15) is 0 Å². The highest BCUT2D eigenvalue weighted by Crippen LogP contribution is 1.96. The summed E-state index contributed by atoms with van der Waals surface area (Å²) in [6.07, 6.45) is 3.27. The van der Waals surface area contributed by atoms with Crippen LogP contribution in [-0.4, -0.2) is 16.3 Å². The van der Waals surface area contributed by atoms with Crippen molar-refractivity contribution in [1.29, 1.82) is 0 Å². The quantitative estimate of drug-likeness (QED) is 0.546. The van der Waals surface area contributed by atoms with Crippen molar-refractivity contribution in [3.05, 3.63) is 18.2 Å². The number of aromatic nitrogens is 2. The molecule has 12 heavy (non-hydrogen) atoms. The van der Waals surface area contributed by atoms with Crippen LogP contribution in [-0.2, 0) is 6.42 Å². The Morgan fingerprint density at radius 1 is 1.67 bits per heavy atom. The normalized spacial score (nSPS) is 10.7. The maximum absolute atomic E-state index is 10.1. The highest BCUT2D eigenvalue weighted by atomic mass is 35.6. The lowest BCUT2D eigenvalue weighted by Gasteiger charge is -1.98. The number of nitrogens with zero attached hydrogens (tertiary/aromatic N) is 2. The first-order chi connectivity index (χ1) is 5.74. The van der Waals surface area contributed by atoms with E-state index in [4.69, 9.17) is 5.73 Å². The smallest absolute Gasteiger partial charge is 0.330 e. The van der Waals surface area contributed by atoms with Crippen LogP contribution in [0.25, 0.3) is 0 Å². The number of rotatable bonds is 4. The molecule has 0 aromatic carbocycles. The summed E-state index contributed by atoms with van der Waals surface area (Å²) in [4.78, 5) is 3.70. The first kappa shape index (κ1) is 9.27. The van der Waals surface area contributed by atoms with Crippen LogP contribution in [0.5, 0.6) is 0 Å². The zero-order valence-electron chi connectivity index (χ0n) is 6.14. The summed E-state index contributed by atoms with van der Waals surface area (Å²) >= 11 is 0. The SMILES string of the molecule is NCCc1cncn1O[Cl+2]([O-])[O-]. The molecule has 2 N–H and O–H groups in total. The lowest BCUT2D eigenvalue weighted by atomic mass is 10.3. The molecule has 0 aliphatic heterocycles. The topological polar surface area (TPSA) is 99.2 Å². The van der Waals surface area contributed by atoms with Gasteiger partial charge in [0.05, 0.1) is 11.9 Å². The van der Waals surface area contributed by atoms with Gasteiger partial charge in [0, 0.05) is 10.8 Å². The molecule has 1 aromatic rings. The molecule has 0 amide bonds. The molecule has 0 unspecified atom stereocenters. The van der Waals surface area contributed by atoms with Crippen molar-refractivity contribution in [2.45, 2.75) is 6.42 Å². The Bertz CT molecular complexity index is 240. The largest absolute Gasteiger partial charge is 0.380 e. The number of imidazole rings is 1. The summed E-state index contributed by atoms with van der Waals surface area (Å²) < 4.78 is 25.5. The second kappa shape index (κ2) is 4.27. The molecule has 1 heterocycles. The summed E-state index contributed by atoms with van der Waals surface area (Å²) in [7, 11) is -2.26. The molecule has 0 aliphatic rings. The molecule has 6 nitrogen and oxygen atoms in total. The highest BCUT2D eigenvalue weighted by molar-refractivity contribution is 4.96. The average molecular weight is 194 g/mol. The summed E-state index contributed by atoms with van der Waals surface area (Å²) in [5.74, 6) is 0. The van der Waals surface area contributed by atoms with Crippen molar-refractivity contribution in [2.75, 3.05) is 6.54 Å². The zero-order valence-corrected chi connectivity index (χ0v) is 6.90. The molecule has 1 rings (SSSR count). The third-order valence-electron chi connectivity index (χ3n) is 1.21. The zero-order chi connectivity index (χ0) is 8.97. The van der Waals surface area contributed by atoms with Crippen molar-refractivity contribution in [3.63, 3.8) is 0 Å². The second-order valence-corrected chi connectivity index (χ2v) is 2.52. The van der Waals surface area contributed by atoms with Crippen molar-refractivity contribution in [3.8, 4) is 0 Å². The minimum atomic E-state index is -2.26. The molecule has 1 aromatic heterocycles. The minimum absolute atomic E-state index is 0.413. The fourth-order valence-electron chi connectivity index (χ4n) is 0.756. The van der Waals surface area contributed by atoms with Crippen LogP contribution in [0.2, 0.25) is 0 Å². The van der Waals surface area contributed by atoms with Gasteiger partial charge in [-0.15, -0.1) is 0 Å². The summed E-state index contributed by atoms with van der Waals surface area (Å²) in [5, 5.41) is 0. The van der Waals surface area contributed by atoms with Gasteiger partial charge in [-0.1, -0.05) is 4.73 Å². The van der Waals surface area contributed by atoms with Crippen molar-refractivity contribution < 1.29 is 24.5 Å². The summed E-state index contributed by atoms with van der Waals surface area (Å²) in [6.45, 7) is 0.413. The summed E-state index contributed by atoms with van der Waals surface area (Å²) in [6, 6.07) is 0. The lowest BCUT2D eigenvalue weighted by Crippen LogP contribution is -2.41. The number of halogens is 1. The van der Waals surface area contributed by atoms with Gasteiger partial charge in [0.1, 0.15) is 6.33 Å². The Kier molecular flexibility index (Phi) is 3.30. The molecule has 0 saturated heterocycles. The molecular formula is C5H8ClN3O3. The fraction of sp³-hybridized carbons (Fsp3) is 0.400. The van der Waals surface area contributed by atoms with Crippen LogP contribution in [0.15, 0.2) is 12.5 Å². The maximum Gasteiger partial charge on any atom is 0.380 e. The molecule has 0 fully saturated rings. The van der Waals surface area contributed by atoms with Gasteiger partial charge in [-0.05, 0) is 6.54 Å². The minimum Gasteiger partial charge on any atom is -0.330 e. The number of nitrogens with two attached hydrogens (primary N) is 1. The standard InChI is InChI=1S/C5H8ClN3O3/c7-2-1-5-3-8-4-9(5)12-6(10)11/h3-4H,1-2,7H2. The van der Waals surface area contributed by atoms with Crippen molar-refractivity contribution in [1.82, 2.24) is 9.71 Å². The third kappa shape index (κ3) is 2.35. The van der Waals surface area contributed by atoms with Crippen LogP contribution in [0.4, 0.5) is 0 Å². The molecule has 0 aliphatic carbocycles. The van der Waals surface area contributed by atoms with E-state index in [1.807, 2.05) is 0 Å². The molecule has 0 bridgehead atoms. The van der Waals surface area contributed by atoms with Crippen LogP contribution in [0.3, 0.4) is 0 Å². The van der Waals surface area contributed by atoms with Gasteiger partial charge < -0.3 is 15.1 Å². The van der Waals surface area contributed by atoms with Crippen molar-refractivity contribution in [2.24, 2.45) is 5.73 Å². The Morgan fingerprint density at radius 3 is 3.00 bits per heavy atom.